The molecule has 1 aliphatic rings. The average Bonchev–Trinajstić information content (AvgIpc) is 2.25. The average molecular weight is 228 g/mol. The van der Waals surface area contributed by atoms with E-state index in [-0.39, 0.29) is 0 Å². The monoisotopic (exact) mass is 228 g/mol. The summed E-state index contributed by atoms with van der Waals surface area (Å²) in [6.45, 7) is 12.0. The second kappa shape index (κ2) is 6.02. The molecule has 1 rings (SSSR count). The Bertz CT molecular complexity index is 195. The Kier molecular flexibility index (Phi) is 5.26. The third-order valence-corrected chi connectivity index (χ3v) is 3.31. The van der Waals surface area contributed by atoms with Crippen molar-refractivity contribution < 1.29 is 9.47 Å². The maximum atomic E-state index is 6.11. The van der Waals surface area contributed by atoms with Gasteiger partial charge in [0, 0.05) is 0 Å². The van der Waals surface area contributed by atoms with Gasteiger partial charge < -0.3 is 9.47 Å². The van der Waals surface area contributed by atoms with Crippen molar-refractivity contribution in [3.63, 3.8) is 0 Å². The molecule has 1 heterocycles. The first-order valence-corrected chi connectivity index (χ1v) is 6.73. The first-order valence-electron chi connectivity index (χ1n) is 6.73. The lowest BCUT2D eigenvalue weighted by Crippen LogP contribution is -2.43. The van der Waals surface area contributed by atoms with Gasteiger partial charge in [-0.2, -0.15) is 0 Å². The highest BCUT2D eigenvalue weighted by Gasteiger charge is 2.30. The summed E-state index contributed by atoms with van der Waals surface area (Å²) in [5.74, 6) is 0. The second-order valence-electron chi connectivity index (χ2n) is 6.08. The fourth-order valence-electron chi connectivity index (χ4n) is 2.14. The minimum Gasteiger partial charge on any atom is -0.373 e. The Labute approximate surface area is 101 Å². The van der Waals surface area contributed by atoms with Crippen molar-refractivity contribution in [3.8, 4) is 0 Å². The molecule has 0 bridgehead atoms. The first kappa shape index (κ1) is 14.0. The Balaban J connectivity index is 2.45. The molecule has 2 heteroatoms. The summed E-state index contributed by atoms with van der Waals surface area (Å²) in [5, 5.41) is 0. The van der Waals surface area contributed by atoms with E-state index in [1.807, 2.05) is 0 Å². The van der Waals surface area contributed by atoms with Crippen LogP contribution in [0.4, 0.5) is 0 Å². The summed E-state index contributed by atoms with van der Waals surface area (Å²) in [4.78, 5) is 0. The minimum atomic E-state index is 0.308. The third-order valence-electron chi connectivity index (χ3n) is 3.31. The van der Waals surface area contributed by atoms with Crippen molar-refractivity contribution in [2.75, 3.05) is 6.61 Å². The zero-order chi connectivity index (χ0) is 12.2. The van der Waals surface area contributed by atoms with Crippen LogP contribution in [0.1, 0.15) is 60.3 Å². The molecule has 0 N–H and O–H groups in total. The molecule has 0 aromatic rings. The van der Waals surface area contributed by atoms with Gasteiger partial charge in [-0.3, -0.25) is 0 Å². The summed E-state index contributed by atoms with van der Waals surface area (Å²) >= 11 is 0. The predicted molar refractivity (Wildman–Crippen MR) is 67.7 cm³/mol. The van der Waals surface area contributed by atoms with Gasteiger partial charge in [-0.15, -0.1) is 0 Å². The topological polar surface area (TPSA) is 18.5 Å². The molecule has 1 aliphatic heterocycles. The van der Waals surface area contributed by atoms with Crippen LogP contribution in [-0.2, 0) is 9.47 Å². The van der Waals surface area contributed by atoms with Crippen LogP contribution in [0, 0.1) is 5.41 Å². The highest BCUT2D eigenvalue weighted by Crippen LogP contribution is 2.28. The van der Waals surface area contributed by atoms with Crippen LogP contribution in [0.25, 0.3) is 0 Å². The van der Waals surface area contributed by atoms with E-state index in [1.165, 1.54) is 6.42 Å². The van der Waals surface area contributed by atoms with E-state index in [0.29, 0.717) is 23.7 Å². The van der Waals surface area contributed by atoms with Gasteiger partial charge in [0.25, 0.3) is 0 Å². The van der Waals surface area contributed by atoms with Crippen molar-refractivity contribution >= 4 is 0 Å². The lowest BCUT2D eigenvalue weighted by atomic mass is 9.87. The molecule has 0 radical (unpaired) electrons. The quantitative estimate of drug-likeness (QED) is 0.729. The van der Waals surface area contributed by atoms with Crippen LogP contribution in [0.5, 0.6) is 0 Å². The third kappa shape index (κ3) is 4.42. The van der Waals surface area contributed by atoms with E-state index >= 15 is 0 Å². The van der Waals surface area contributed by atoms with Gasteiger partial charge in [0.15, 0.2) is 0 Å². The summed E-state index contributed by atoms with van der Waals surface area (Å²) in [6, 6.07) is 0. The minimum absolute atomic E-state index is 0.308. The fourth-order valence-corrected chi connectivity index (χ4v) is 2.14. The SMILES string of the molecule is CCC1COC(CC)C(CCC(C)(C)C)O1. The Morgan fingerprint density at radius 2 is 1.75 bits per heavy atom. The van der Waals surface area contributed by atoms with Gasteiger partial charge in [-0.25, -0.2) is 0 Å². The van der Waals surface area contributed by atoms with Gasteiger partial charge in [0.2, 0.25) is 0 Å². The number of hydrogen-bond acceptors (Lipinski definition) is 2. The van der Waals surface area contributed by atoms with Crippen molar-refractivity contribution in [1.29, 1.82) is 0 Å². The Hall–Kier alpha value is -0.0800. The van der Waals surface area contributed by atoms with E-state index in [2.05, 4.69) is 34.6 Å². The molecule has 3 unspecified atom stereocenters. The first-order chi connectivity index (χ1) is 7.46. The summed E-state index contributed by atoms with van der Waals surface area (Å²) in [5.41, 5.74) is 0.390. The number of rotatable bonds is 4. The summed E-state index contributed by atoms with van der Waals surface area (Å²) in [7, 11) is 0. The molecule has 2 nitrogen and oxygen atoms in total. The molecule has 0 saturated carbocycles. The molecular formula is C14H28O2. The van der Waals surface area contributed by atoms with Gasteiger partial charge in [-0.05, 0) is 31.1 Å². The summed E-state index contributed by atoms with van der Waals surface area (Å²) in [6.07, 6.45) is 5.38. The molecule has 96 valence electrons. The second-order valence-corrected chi connectivity index (χ2v) is 6.08. The highest BCUT2D eigenvalue weighted by molar-refractivity contribution is 4.78. The van der Waals surface area contributed by atoms with Crippen molar-refractivity contribution in [1.82, 2.24) is 0 Å². The standard InChI is InChI=1S/C14H28O2/c1-6-11-10-15-12(7-2)13(16-11)8-9-14(3,4)5/h11-13H,6-10H2,1-5H3. The molecule has 0 aromatic carbocycles. The van der Waals surface area contributed by atoms with E-state index in [0.717, 1.165) is 25.9 Å². The fraction of sp³-hybridized carbons (Fsp3) is 1.00. The van der Waals surface area contributed by atoms with Gasteiger partial charge in [0.1, 0.15) is 0 Å². The zero-order valence-corrected chi connectivity index (χ0v) is 11.6. The molecule has 0 amide bonds. The molecule has 0 aliphatic carbocycles. The molecule has 16 heavy (non-hydrogen) atoms. The lowest BCUT2D eigenvalue weighted by molar-refractivity contribution is -0.184. The van der Waals surface area contributed by atoms with Crippen LogP contribution in [0.15, 0.2) is 0 Å². The zero-order valence-electron chi connectivity index (χ0n) is 11.6. The largest absolute Gasteiger partial charge is 0.373 e. The molecule has 3 atom stereocenters. The van der Waals surface area contributed by atoms with Crippen LogP contribution in [-0.4, -0.2) is 24.9 Å². The van der Waals surface area contributed by atoms with Gasteiger partial charge in [-0.1, -0.05) is 34.6 Å². The van der Waals surface area contributed by atoms with E-state index in [4.69, 9.17) is 9.47 Å². The Morgan fingerprint density at radius 1 is 1.06 bits per heavy atom. The summed E-state index contributed by atoms with van der Waals surface area (Å²) < 4.78 is 12.0. The van der Waals surface area contributed by atoms with Crippen molar-refractivity contribution in [2.24, 2.45) is 5.41 Å². The molecule has 0 aromatic heterocycles. The Morgan fingerprint density at radius 3 is 2.25 bits per heavy atom. The predicted octanol–water partition coefficient (Wildman–Crippen LogP) is 3.79. The molecule has 0 spiro atoms. The molecular weight excluding hydrogens is 200 g/mol. The van der Waals surface area contributed by atoms with Crippen molar-refractivity contribution in [3.05, 3.63) is 0 Å². The molecule has 1 saturated heterocycles. The van der Waals surface area contributed by atoms with Gasteiger partial charge >= 0.3 is 0 Å². The van der Waals surface area contributed by atoms with Crippen LogP contribution in [0.2, 0.25) is 0 Å². The van der Waals surface area contributed by atoms with E-state index < -0.39 is 0 Å². The number of hydrogen-bond donors (Lipinski definition) is 0. The number of ether oxygens (including phenoxy) is 2. The lowest BCUT2D eigenvalue weighted by Gasteiger charge is -2.37. The molecule has 1 fully saturated rings. The van der Waals surface area contributed by atoms with E-state index in [9.17, 15) is 0 Å². The highest BCUT2D eigenvalue weighted by atomic mass is 16.6. The van der Waals surface area contributed by atoms with Crippen LogP contribution < -0.4 is 0 Å². The van der Waals surface area contributed by atoms with Gasteiger partial charge in [0.05, 0.1) is 24.9 Å². The maximum absolute atomic E-state index is 6.11. The van der Waals surface area contributed by atoms with Crippen molar-refractivity contribution in [2.45, 2.75) is 78.6 Å². The van der Waals surface area contributed by atoms with E-state index in [1.54, 1.807) is 0 Å². The smallest absolute Gasteiger partial charge is 0.0841 e. The van der Waals surface area contributed by atoms with Crippen LogP contribution >= 0.6 is 0 Å². The normalized spacial score (nSPS) is 31.7. The van der Waals surface area contributed by atoms with Crippen LogP contribution in [0.3, 0.4) is 0 Å². The maximum Gasteiger partial charge on any atom is 0.0841 e.